The second kappa shape index (κ2) is 4.45. The molecule has 0 aliphatic heterocycles. The van der Waals surface area contributed by atoms with E-state index in [4.69, 9.17) is 16.7 Å². The van der Waals surface area contributed by atoms with Gasteiger partial charge in [0, 0.05) is 9.50 Å². The molecule has 1 aromatic carbocycles. The number of alkyl halides is 2. The first-order chi connectivity index (χ1) is 6.84. The SMILES string of the molecule is O=C(O)C(F)(F)Cc1c(Cl)cccc1Br. The molecule has 0 aliphatic rings. The number of carboxylic acids is 1. The van der Waals surface area contributed by atoms with Crippen molar-refractivity contribution in [2.24, 2.45) is 0 Å². The van der Waals surface area contributed by atoms with Gasteiger partial charge in [0.2, 0.25) is 0 Å². The van der Waals surface area contributed by atoms with Gasteiger partial charge in [0.25, 0.3) is 0 Å². The second-order valence-corrected chi connectivity index (χ2v) is 4.15. The van der Waals surface area contributed by atoms with Crippen LogP contribution in [0.4, 0.5) is 8.78 Å². The van der Waals surface area contributed by atoms with Crippen LogP contribution >= 0.6 is 27.5 Å². The average Bonchev–Trinajstić information content (AvgIpc) is 2.11. The summed E-state index contributed by atoms with van der Waals surface area (Å²) < 4.78 is 26.2. The summed E-state index contributed by atoms with van der Waals surface area (Å²) in [5.41, 5.74) is 0.0894. The van der Waals surface area contributed by atoms with E-state index in [1.54, 1.807) is 6.07 Å². The van der Waals surface area contributed by atoms with Crippen LogP contribution in [0, 0.1) is 0 Å². The molecule has 1 aromatic rings. The fourth-order valence-corrected chi connectivity index (χ4v) is 1.86. The average molecular weight is 299 g/mol. The van der Waals surface area contributed by atoms with Gasteiger partial charge in [-0.2, -0.15) is 8.78 Å². The van der Waals surface area contributed by atoms with E-state index >= 15 is 0 Å². The Hall–Kier alpha value is -0.680. The molecule has 0 heterocycles. The molecule has 1 N–H and O–H groups in total. The summed E-state index contributed by atoms with van der Waals surface area (Å²) in [5.74, 6) is -5.97. The molecule has 2 nitrogen and oxygen atoms in total. The Balaban J connectivity index is 3.04. The smallest absolute Gasteiger partial charge is 0.374 e. The van der Waals surface area contributed by atoms with Crippen molar-refractivity contribution in [3.8, 4) is 0 Å². The Bertz CT molecular complexity index is 375. The number of hydrogen-bond donors (Lipinski definition) is 1. The molecule has 0 saturated heterocycles. The van der Waals surface area contributed by atoms with Crippen molar-refractivity contribution >= 4 is 33.5 Å². The van der Waals surface area contributed by atoms with Gasteiger partial charge in [-0.1, -0.05) is 33.6 Å². The Morgan fingerprint density at radius 1 is 1.53 bits per heavy atom. The first-order valence-electron chi connectivity index (χ1n) is 3.88. The summed E-state index contributed by atoms with van der Waals surface area (Å²) in [4.78, 5) is 10.2. The third kappa shape index (κ3) is 2.89. The van der Waals surface area contributed by atoms with Crippen LogP contribution in [-0.2, 0) is 11.2 Å². The van der Waals surface area contributed by atoms with Crippen LogP contribution in [0.15, 0.2) is 22.7 Å². The highest BCUT2D eigenvalue weighted by molar-refractivity contribution is 9.10. The first kappa shape index (κ1) is 12.4. The van der Waals surface area contributed by atoms with Gasteiger partial charge >= 0.3 is 11.9 Å². The number of hydrogen-bond acceptors (Lipinski definition) is 1. The summed E-state index contributed by atoms with van der Waals surface area (Å²) in [6.45, 7) is 0. The van der Waals surface area contributed by atoms with Gasteiger partial charge in [0.15, 0.2) is 0 Å². The monoisotopic (exact) mass is 298 g/mol. The topological polar surface area (TPSA) is 37.3 Å². The van der Waals surface area contributed by atoms with E-state index in [0.29, 0.717) is 4.47 Å². The summed E-state index contributed by atoms with van der Waals surface area (Å²) in [6, 6.07) is 4.54. The minimum atomic E-state index is -3.81. The van der Waals surface area contributed by atoms with Gasteiger partial charge in [-0.15, -0.1) is 0 Å². The first-order valence-corrected chi connectivity index (χ1v) is 5.06. The maximum absolute atomic E-state index is 12.9. The Kier molecular flexibility index (Phi) is 3.67. The van der Waals surface area contributed by atoms with Gasteiger partial charge < -0.3 is 5.11 Å². The lowest BCUT2D eigenvalue weighted by molar-refractivity contribution is -0.164. The predicted molar refractivity (Wildman–Crippen MR) is 55.4 cm³/mol. The molecule has 0 saturated carbocycles. The molecule has 0 aliphatic carbocycles. The molecule has 0 spiro atoms. The third-order valence-corrected chi connectivity index (χ3v) is 2.87. The molecular formula is C9H6BrClF2O2. The fourth-order valence-electron chi connectivity index (χ4n) is 0.999. The molecule has 0 bridgehead atoms. The number of rotatable bonds is 3. The van der Waals surface area contributed by atoms with Crippen molar-refractivity contribution in [2.45, 2.75) is 12.3 Å². The van der Waals surface area contributed by atoms with Crippen molar-refractivity contribution in [1.82, 2.24) is 0 Å². The highest BCUT2D eigenvalue weighted by Crippen LogP contribution is 2.30. The van der Waals surface area contributed by atoms with Crippen molar-refractivity contribution in [3.05, 3.63) is 33.3 Å². The Morgan fingerprint density at radius 2 is 2.13 bits per heavy atom. The molecule has 0 unspecified atom stereocenters. The normalized spacial score (nSPS) is 11.5. The van der Waals surface area contributed by atoms with Crippen LogP contribution in [0.25, 0.3) is 0 Å². The highest BCUT2D eigenvalue weighted by atomic mass is 79.9. The van der Waals surface area contributed by atoms with Gasteiger partial charge in [0.05, 0.1) is 6.42 Å². The molecular weight excluding hydrogens is 293 g/mol. The highest BCUT2D eigenvalue weighted by Gasteiger charge is 2.39. The molecule has 6 heteroatoms. The summed E-state index contributed by atoms with van der Waals surface area (Å²) >= 11 is 8.72. The summed E-state index contributed by atoms with van der Waals surface area (Å²) in [7, 11) is 0. The standard InChI is InChI=1S/C9H6BrClF2O2/c10-6-2-1-3-7(11)5(6)4-9(12,13)8(14)15/h1-3H,4H2,(H,14,15). The largest absolute Gasteiger partial charge is 0.477 e. The zero-order valence-corrected chi connectivity index (χ0v) is 9.65. The van der Waals surface area contributed by atoms with E-state index in [1.807, 2.05) is 0 Å². The van der Waals surface area contributed by atoms with Gasteiger partial charge in [-0.3, -0.25) is 0 Å². The van der Waals surface area contributed by atoms with E-state index in [-0.39, 0.29) is 10.6 Å². The number of aliphatic carboxylic acids is 1. The minimum absolute atomic E-state index is 0.0894. The lowest BCUT2D eigenvalue weighted by Crippen LogP contribution is -2.30. The predicted octanol–water partition coefficient (Wildman–Crippen LogP) is 3.36. The van der Waals surface area contributed by atoms with E-state index < -0.39 is 18.3 Å². The van der Waals surface area contributed by atoms with Crippen LogP contribution in [0.2, 0.25) is 5.02 Å². The van der Waals surface area contributed by atoms with Crippen LogP contribution in [-0.4, -0.2) is 17.0 Å². The third-order valence-electron chi connectivity index (χ3n) is 1.77. The molecule has 0 atom stereocenters. The van der Waals surface area contributed by atoms with E-state index in [9.17, 15) is 13.6 Å². The molecule has 1 rings (SSSR count). The van der Waals surface area contributed by atoms with Crippen LogP contribution < -0.4 is 0 Å². The maximum Gasteiger partial charge on any atom is 0.374 e. The molecule has 0 amide bonds. The second-order valence-electron chi connectivity index (χ2n) is 2.89. The quantitative estimate of drug-likeness (QED) is 0.929. The number of benzene rings is 1. The molecule has 0 aromatic heterocycles. The molecule has 15 heavy (non-hydrogen) atoms. The van der Waals surface area contributed by atoms with Crippen molar-refractivity contribution in [3.63, 3.8) is 0 Å². The van der Waals surface area contributed by atoms with Gasteiger partial charge in [-0.25, -0.2) is 4.79 Å². The van der Waals surface area contributed by atoms with Crippen molar-refractivity contribution < 1.29 is 18.7 Å². The fraction of sp³-hybridized carbons (Fsp3) is 0.222. The van der Waals surface area contributed by atoms with Crippen LogP contribution in [0.3, 0.4) is 0 Å². The minimum Gasteiger partial charge on any atom is -0.477 e. The number of carboxylic acid groups (broad SMARTS) is 1. The number of halogens is 4. The van der Waals surface area contributed by atoms with E-state index in [0.717, 1.165) is 0 Å². The number of carbonyl (C=O) groups is 1. The van der Waals surface area contributed by atoms with Gasteiger partial charge in [0.1, 0.15) is 0 Å². The molecule has 82 valence electrons. The van der Waals surface area contributed by atoms with Crippen LogP contribution in [0.5, 0.6) is 0 Å². The molecule has 0 fully saturated rings. The van der Waals surface area contributed by atoms with Crippen molar-refractivity contribution in [2.75, 3.05) is 0 Å². The Morgan fingerprint density at radius 3 is 2.60 bits per heavy atom. The lowest BCUT2D eigenvalue weighted by atomic mass is 10.1. The van der Waals surface area contributed by atoms with E-state index in [1.165, 1.54) is 12.1 Å². The lowest BCUT2D eigenvalue weighted by Gasteiger charge is -2.13. The van der Waals surface area contributed by atoms with E-state index in [2.05, 4.69) is 15.9 Å². The summed E-state index contributed by atoms with van der Waals surface area (Å²) in [6.07, 6.45) is -0.928. The molecule has 0 radical (unpaired) electrons. The zero-order valence-electron chi connectivity index (χ0n) is 7.31. The van der Waals surface area contributed by atoms with Gasteiger partial charge in [-0.05, 0) is 17.7 Å². The zero-order chi connectivity index (χ0) is 11.6. The van der Waals surface area contributed by atoms with Crippen molar-refractivity contribution in [1.29, 1.82) is 0 Å². The Labute approximate surface area is 98.0 Å². The van der Waals surface area contributed by atoms with Crippen LogP contribution in [0.1, 0.15) is 5.56 Å². The summed E-state index contributed by atoms with van der Waals surface area (Å²) in [5, 5.41) is 8.39. The maximum atomic E-state index is 12.9.